The highest BCUT2D eigenvalue weighted by molar-refractivity contribution is 5.87. The van der Waals surface area contributed by atoms with E-state index < -0.39 is 0 Å². The van der Waals surface area contributed by atoms with Crippen LogP contribution in [0.2, 0.25) is 0 Å². The van der Waals surface area contributed by atoms with Crippen LogP contribution < -0.4 is 23.0 Å². The molecule has 0 saturated heterocycles. The molecule has 0 saturated carbocycles. The van der Waals surface area contributed by atoms with Crippen molar-refractivity contribution in [2.24, 2.45) is 0 Å². The molecule has 1 aliphatic rings. The molecule has 6 heteroatoms. The van der Waals surface area contributed by atoms with Crippen LogP contribution >= 0.6 is 0 Å². The zero-order valence-corrected chi connectivity index (χ0v) is 14.9. The van der Waals surface area contributed by atoms with Gasteiger partial charge in [0, 0.05) is 30.4 Å². The van der Waals surface area contributed by atoms with Gasteiger partial charge in [0.1, 0.15) is 0 Å². The second kappa shape index (κ2) is 6.69. The average Bonchev–Trinajstić information content (AvgIpc) is 2.62. The molecule has 0 radical (unpaired) electrons. The number of benzene rings is 3. The first-order valence-electron chi connectivity index (χ1n) is 8.02. The first-order chi connectivity index (χ1) is 12.1. The molecule has 0 fully saturated rings. The molecule has 0 spiro atoms. The van der Waals surface area contributed by atoms with E-state index in [0.717, 1.165) is 27.9 Å². The molecule has 0 bridgehead atoms. The van der Waals surface area contributed by atoms with Gasteiger partial charge in [0.15, 0.2) is 0 Å². The highest BCUT2D eigenvalue weighted by atomic mass is 35.5. The third-order valence-corrected chi connectivity index (χ3v) is 4.74. The lowest BCUT2D eigenvalue weighted by atomic mass is 9.85. The summed E-state index contributed by atoms with van der Waals surface area (Å²) in [5, 5.41) is 11.2. The summed E-state index contributed by atoms with van der Waals surface area (Å²) in [6.07, 6.45) is 0. The molecule has 26 heavy (non-hydrogen) atoms. The van der Waals surface area contributed by atoms with E-state index in [1.54, 1.807) is 12.1 Å². The number of nitro groups is 1. The van der Waals surface area contributed by atoms with Crippen molar-refractivity contribution in [2.45, 2.75) is 6.04 Å². The number of halogens is 1. The first-order valence-corrected chi connectivity index (χ1v) is 8.02. The highest BCUT2D eigenvalue weighted by Crippen LogP contribution is 2.47. The summed E-state index contributed by atoms with van der Waals surface area (Å²) in [5.41, 5.74) is 12.0. The van der Waals surface area contributed by atoms with Crippen LogP contribution in [-0.2, 0) is 0 Å². The van der Waals surface area contributed by atoms with Crippen LogP contribution in [0.4, 0.5) is 17.1 Å². The fourth-order valence-corrected chi connectivity index (χ4v) is 3.59. The van der Waals surface area contributed by atoms with Gasteiger partial charge in [-0.3, -0.25) is 10.1 Å². The minimum atomic E-state index is -0.357. The van der Waals surface area contributed by atoms with Crippen molar-refractivity contribution in [3.8, 4) is 11.1 Å². The molecule has 1 aliphatic heterocycles. The minimum absolute atomic E-state index is 0. The Kier molecular flexibility index (Phi) is 4.57. The van der Waals surface area contributed by atoms with Crippen LogP contribution in [0.25, 0.3) is 11.1 Å². The van der Waals surface area contributed by atoms with E-state index in [1.807, 2.05) is 49.5 Å². The predicted octanol–water partition coefficient (Wildman–Crippen LogP) is 1.39. The van der Waals surface area contributed by atoms with Gasteiger partial charge < -0.3 is 23.0 Å². The van der Waals surface area contributed by atoms with Gasteiger partial charge in [0.05, 0.1) is 16.7 Å². The second-order valence-corrected chi connectivity index (χ2v) is 6.23. The third-order valence-electron chi connectivity index (χ3n) is 4.74. The van der Waals surface area contributed by atoms with E-state index in [1.165, 1.54) is 0 Å². The number of rotatable bonds is 2. The Hall–Kier alpha value is -3.05. The van der Waals surface area contributed by atoms with Gasteiger partial charge in [-0.2, -0.15) is 0 Å². The Morgan fingerprint density at radius 3 is 2.38 bits per heavy atom. The fourth-order valence-electron chi connectivity index (χ4n) is 3.59. The number of anilines is 2. The number of hydrogen-bond acceptors (Lipinski definition) is 4. The maximum atomic E-state index is 11.2. The van der Waals surface area contributed by atoms with Crippen LogP contribution in [0.3, 0.4) is 0 Å². The monoisotopic (exact) mass is 366 g/mol. The maximum absolute atomic E-state index is 11.2. The number of nitrogens with zero attached hydrogens (tertiary/aromatic N) is 2. The van der Waals surface area contributed by atoms with Crippen molar-refractivity contribution < 1.29 is 17.3 Å². The van der Waals surface area contributed by atoms with Crippen LogP contribution in [0.1, 0.15) is 17.2 Å². The van der Waals surface area contributed by atoms with Crippen LogP contribution in [0, 0.1) is 10.1 Å². The van der Waals surface area contributed by atoms with E-state index in [2.05, 4.69) is 17.0 Å². The maximum Gasteiger partial charge on any atom is 0.271 e. The topological polar surface area (TPSA) is 72.4 Å². The Morgan fingerprint density at radius 2 is 1.69 bits per heavy atom. The van der Waals surface area contributed by atoms with Gasteiger partial charge >= 0.3 is 0 Å². The first kappa shape index (κ1) is 17.8. The van der Waals surface area contributed by atoms with Crippen LogP contribution in [-0.4, -0.2) is 12.0 Å². The van der Waals surface area contributed by atoms with E-state index in [4.69, 9.17) is 5.73 Å². The summed E-state index contributed by atoms with van der Waals surface area (Å²) in [6.45, 7) is 0. The van der Waals surface area contributed by atoms with Crippen molar-refractivity contribution in [3.05, 3.63) is 88.0 Å². The number of nitro benzene ring substituents is 1. The smallest absolute Gasteiger partial charge is 0.271 e. The minimum Gasteiger partial charge on any atom is -1.00 e. The lowest BCUT2D eigenvalue weighted by Gasteiger charge is -2.38. The summed E-state index contributed by atoms with van der Waals surface area (Å²) < 4.78 is 0. The van der Waals surface area contributed by atoms with Crippen LogP contribution in [0.15, 0.2) is 66.7 Å². The molecule has 5 nitrogen and oxygen atoms in total. The van der Waals surface area contributed by atoms with E-state index in [-0.39, 0.29) is 29.1 Å². The van der Waals surface area contributed by atoms with Crippen molar-refractivity contribution in [1.82, 2.24) is 0 Å². The quantitative estimate of drug-likeness (QED) is 0.422. The highest BCUT2D eigenvalue weighted by Gasteiger charge is 2.31. The van der Waals surface area contributed by atoms with Gasteiger partial charge in [0.2, 0.25) is 0 Å². The number of non-ortho nitro benzene ring substituents is 1. The summed E-state index contributed by atoms with van der Waals surface area (Å²) in [4.78, 5) is 12.9. The summed E-state index contributed by atoms with van der Waals surface area (Å²) in [7, 11) is 1.96. The lowest BCUT2D eigenvalue weighted by Crippen LogP contribution is -3.00. The van der Waals surface area contributed by atoms with Crippen LogP contribution in [0.5, 0.6) is 0 Å². The Balaban J connectivity index is 0.00000196. The Bertz CT molecular complexity index is 976. The SMILES string of the molecule is CN1c2cc([N+](=O)[O-])ccc2-c2ccc(N)cc2C1c1ccccc1.[Cl-]. The zero-order valence-electron chi connectivity index (χ0n) is 14.1. The normalized spacial score (nSPS) is 14.8. The van der Waals surface area contributed by atoms with E-state index in [9.17, 15) is 10.1 Å². The number of hydrogen-bond donors (Lipinski definition) is 1. The van der Waals surface area contributed by atoms with Gasteiger partial charge in [0.25, 0.3) is 5.69 Å². The van der Waals surface area contributed by atoms with Gasteiger partial charge in [-0.05, 0) is 34.9 Å². The third kappa shape index (κ3) is 2.76. The van der Waals surface area contributed by atoms with Crippen molar-refractivity contribution in [1.29, 1.82) is 0 Å². The Morgan fingerprint density at radius 1 is 1.00 bits per heavy atom. The molecule has 4 rings (SSSR count). The molecule has 1 atom stereocenters. The largest absolute Gasteiger partial charge is 1.00 e. The molecule has 2 N–H and O–H groups in total. The molecule has 1 heterocycles. The molecular weight excluding hydrogens is 350 g/mol. The predicted molar refractivity (Wildman–Crippen MR) is 99.6 cm³/mol. The molecular formula is C20H17ClN3O2-. The fraction of sp³-hybridized carbons (Fsp3) is 0.100. The zero-order chi connectivity index (χ0) is 17.6. The van der Waals surface area contributed by atoms with Crippen molar-refractivity contribution in [3.63, 3.8) is 0 Å². The van der Waals surface area contributed by atoms with E-state index in [0.29, 0.717) is 5.69 Å². The molecule has 0 aromatic heterocycles. The molecule has 0 aliphatic carbocycles. The molecule has 3 aromatic carbocycles. The summed E-state index contributed by atoms with van der Waals surface area (Å²) in [5.74, 6) is 0. The summed E-state index contributed by atoms with van der Waals surface area (Å²) in [6, 6.07) is 20.9. The Labute approximate surface area is 157 Å². The number of nitrogens with two attached hydrogens (primary N) is 1. The standard InChI is InChI=1S/C20H17N3O2.ClH/c1-22-19-12-15(23(24)25)8-10-17(19)16-9-7-14(21)11-18(16)20(22)13-5-3-2-4-6-13;/h2-12,20H,21H2,1H3;1H/p-1. The average molecular weight is 367 g/mol. The lowest BCUT2D eigenvalue weighted by molar-refractivity contribution is -0.384. The second-order valence-electron chi connectivity index (χ2n) is 6.23. The summed E-state index contributed by atoms with van der Waals surface area (Å²) >= 11 is 0. The number of nitrogen functional groups attached to an aromatic ring is 1. The van der Waals surface area contributed by atoms with E-state index >= 15 is 0 Å². The molecule has 132 valence electrons. The van der Waals surface area contributed by atoms with Gasteiger partial charge in [-0.1, -0.05) is 36.4 Å². The number of fused-ring (bicyclic) bond motifs is 3. The van der Waals surface area contributed by atoms with Gasteiger partial charge in [-0.15, -0.1) is 0 Å². The molecule has 3 aromatic rings. The van der Waals surface area contributed by atoms with Crippen molar-refractivity contribution in [2.75, 3.05) is 17.7 Å². The van der Waals surface area contributed by atoms with Crippen molar-refractivity contribution >= 4 is 17.1 Å². The van der Waals surface area contributed by atoms with Gasteiger partial charge in [-0.25, -0.2) is 0 Å². The molecule has 0 amide bonds. The molecule has 1 unspecified atom stereocenters.